The highest BCUT2D eigenvalue weighted by Gasteiger charge is 2.05. The van der Waals surface area contributed by atoms with E-state index in [1.165, 1.54) is 96.3 Å². The monoisotopic (exact) mass is 418 g/mol. The van der Waals surface area contributed by atoms with Crippen LogP contribution in [0.4, 0.5) is 0 Å². The van der Waals surface area contributed by atoms with Gasteiger partial charge in [0.05, 0.1) is 18.8 Å². The molecule has 172 valence electrons. The van der Waals surface area contributed by atoms with Crippen molar-refractivity contribution in [2.45, 2.75) is 117 Å². The van der Waals surface area contributed by atoms with Gasteiger partial charge < -0.3 is 9.47 Å². The Kier molecular flexibility index (Phi) is 17.2. The second-order valence-corrected chi connectivity index (χ2v) is 8.40. The molecule has 1 rings (SSSR count). The van der Waals surface area contributed by atoms with Crippen molar-refractivity contribution in [2.75, 3.05) is 13.2 Å². The van der Waals surface area contributed by atoms with Gasteiger partial charge >= 0.3 is 5.97 Å². The van der Waals surface area contributed by atoms with Crippen molar-refractivity contribution in [1.82, 2.24) is 0 Å². The summed E-state index contributed by atoms with van der Waals surface area (Å²) in [6.45, 7) is 5.24. The van der Waals surface area contributed by atoms with Gasteiger partial charge in [-0.3, -0.25) is 0 Å². The van der Waals surface area contributed by atoms with Gasteiger partial charge in [0, 0.05) is 0 Å². The Hall–Kier alpha value is -1.51. The highest BCUT2D eigenvalue weighted by molar-refractivity contribution is 5.89. The Labute approximate surface area is 185 Å². The third kappa shape index (κ3) is 14.5. The third-order valence-corrected chi connectivity index (χ3v) is 5.63. The number of benzene rings is 1. The van der Waals surface area contributed by atoms with Crippen molar-refractivity contribution in [2.24, 2.45) is 0 Å². The van der Waals surface area contributed by atoms with Gasteiger partial charge in [0.1, 0.15) is 5.75 Å². The highest BCUT2D eigenvalue weighted by Crippen LogP contribution is 2.15. The van der Waals surface area contributed by atoms with Gasteiger partial charge in [-0.15, -0.1) is 0 Å². The zero-order chi connectivity index (χ0) is 21.7. The highest BCUT2D eigenvalue weighted by atomic mass is 16.5. The van der Waals surface area contributed by atoms with Gasteiger partial charge in [0.2, 0.25) is 0 Å². The lowest BCUT2D eigenvalue weighted by Crippen LogP contribution is -2.04. The van der Waals surface area contributed by atoms with E-state index in [-0.39, 0.29) is 5.97 Å². The summed E-state index contributed by atoms with van der Waals surface area (Å²) in [4.78, 5) is 11.6. The summed E-state index contributed by atoms with van der Waals surface area (Å²) in [6.07, 6.45) is 22.0. The fraction of sp³-hybridized carbons (Fsp3) is 0.741. The molecule has 0 aliphatic carbocycles. The van der Waals surface area contributed by atoms with E-state index >= 15 is 0 Å². The minimum absolute atomic E-state index is 0.276. The van der Waals surface area contributed by atoms with Gasteiger partial charge in [-0.1, -0.05) is 103 Å². The summed E-state index contributed by atoms with van der Waals surface area (Å²) in [5.74, 6) is 0.547. The molecule has 1 aromatic rings. The van der Waals surface area contributed by atoms with E-state index < -0.39 is 0 Å². The van der Waals surface area contributed by atoms with Crippen LogP contribution in [0.1, 0.15) is 127 Å². The largest absolute Gasteiger partial charge is 0.494 e. The van der Waals surface area contributed by atoms with Gasteiger partial charge in [-0.05, 0) is 37.6 Å². The Morgan fingerprint density at radius 2 is 1.07 bits per heavy atom. The van der Waals surface area contributed by atoms with Crippen LogP contribution in [0.2, 0.25) is 0 Å². The van der Waals surface area contributed by atoms with E-state index in [2.05, 4.69) is 6.92 Å². The van der Waals surface area contributed by atoms with Gasteiger partial charge in [0.25, 0.3) is 0 Å². The Bertz CT molecular complexity index is 509. The summed E-state index contributed by atoms with van der Waals surface area (Å²) in [6, 6.07) is 7.22. The predicted octanol–water partition coefficient (Wildman–Crippen LogP) is 8.50. The van der Waals surface area contributed by atoms with Crippen LogP contribution in [0.15, 0.2) is 24.3 Å². The van der Waals surface area contributed by atoms with E-state index in [9.17, 15) is 4.79 Å². The maximum atomic E-state index is 11.6. The minimum atomic E-state index is -0.276. The van der Waals surface area contributed by atoms with Crippen molar-refractivity contribution in [3.05, 3.63) is 29.8 Å². The fourth-order valence-electron chi connectivity index (χ4n) is 3.74. The van der Waals surface area contributed by atoms with E-state index in [1.54, 1.807) is 12.1 Å². The molecule has 1 aromatic carbocycles. The van der Waals surface area contributed by atoms with Crippen LogP contribution >= 0.6 is 0 Å². The lowest BCUT2D eigenvalue weighted by atomic mass is 10.0. The molecule has 0 saturated heterocycles. The normalized spacial score (nSPS) is 10.9. The number of esters is 1. The number of rotatable bonds is 20. The Morgan fingerprint density at radius 1 is 0.633 bits per heavy atom. The maximum absolute atomic E-state index is 11.6. The standard InChI is InChI=1S/C27H46O3/c1-3-5-6-7-8-9-10-11-12-13-14-15-16-17-18-19-24-30-26-22-20-25(21-23-26)27(28)29-4-2/h20-23H,3-19,24H2,1-2H3. The topological polar surface area (TPSA) is 35.5 Å². The number of carbonyl (C=O) groups is 1. The second-order valence-electron chi connectivity index (χ2n) is 8.40. The van der Waals surface area contributed by atoms with Crippen molar-refractivity contribution < 1.29 is 14.3 Å². The molecule has 0 heterocycles. The molecule has 0 aromatic heterocycles. The van der Waals surface area contributed by atoms with Crippen LogP contribution in [-0.4, -0.2) is 19.2 Å². The number of hydrogen-bond donors (Lipinski definition) is 0. The first-order chi connectivity index (χ1) is 14.8. The molecule has 3 nitrogen and oxygen atoms in total. The molecule has 0 radical (unpaired) electrons. The summed E-state index contributed by atoms with van der Waals surface area (Å²) in [7, 11) is 0. The average Bonchev–Trinajstić information content (AvgIpc) is 2.76. The predicted molar refractivity (Wildman–Crippen MR) is 127 cm³/mol. The minimum Gasteiger partial charge on any atom is -0.494 e. The molecule has 0 unspecified atom stereocenters. The van der Waals surface area contributed by atoms with Gasteiger partial charge in [0.15, 0.2) is 0 Å². The molecule has 0 aliphatic rings. The van der Waals surface area contributed by atoms with Crippen LogP contribution < -0.4 is 4.74 Å². The van der Waals surface area contributed by atoms with Gasteiger partial charge in [-0.25, -0.2) is 4.79 Å². The molecule has 0 aliphatic heterocycles. The van der Waals surface area contributed by atoms with E-state index in [1.807, 2.05) is 19.1 Å². The van der Waals surface area contributed by atoms with Crippen LogP contribution in [-0.2, 0) is 4.74 Å². The summed E-state index contributed by atoms with van der Waals surface area (Å²) < 4.78 is 10.8. The summed E-state index contributed by atoms with van der Waals surface area (Å²) in [5.41, 5.74) is 0.576. The number of unbranched alkanes of at least 4 members (excludes halogenated alkanes) is 15. The van der Waals surface area contributed by atoms with Crippen LogP contribution in [0, 0.1) is 0 Å². The smallest absolute Gasteiger partial charge is 0.338 e. The first kappa shape index (κ1) is 26.5. The second kappa shape index (κ2) is 19.5. The van der Waals surface area contributed by atoms with Crippen LogP contribution in [0.3, 0.4) is 0 Å². The molecule has 0 bridgehead atoms. The molecule has 3 heteroatoms. The molecule has 0 amide bonds. The van der Waals surface area contributed by atoms with Gasteiger partial charge in [-0.2, -0.15) is 0 Å². The first-order valence-corrected chi connectivity index (χ1v) is 12.7. The SMILES string of the molecule is CCCCCCCCCCCCCCCCCCOc1ccc(C(=O)OCC)cc1. The molecule has 0 spiro atoms. The summed E-state index contributed by atoms with van der Waals surface area (Å²) >= 11 is 0. The lowest BCUT2D eigenvalue weighted by Gasteiger charge is -2.07. The molecule has 0 atom stereocenters. The van der Waals surface area contributed by atoms with Crippen LogP contribution in [0.5, 0.6) is 5.75 Å². The maximum Gasteiger partial charge on any atom is 0.338 e. The van der Waals surface area contributed by atoms with Crippen molar-refractivity contribution in [1.29, 1.82) is 0 Å². The molecular formula is C27H46O3. The zero-order valence-electron chi connectivity index (χ0n) is 19.8. The van der Waals surface area contributed by atoms with Crippen molar-refractivity contribution >= 4 is 5.97 Å². The van der Waals surface area contributed by atoms with E-state index in [4.69, 9.17) is 9.47 Å². The van der Waals surface area contributed by atoms with E-state index in [0.29, 0.717) is 12.2 Å². The molecule has 0 N–H and O–H groups in total. The summed E-state index contributed by atoms with van der Waals surface area (Å²) in [5, 5.41) is 0. The fourth-order valence-corrected chi connectivity index (χ4v) is 3.74. The first-order valence-electron chi connectivity index (χ1n) is 12.7. The molecule has 0 saturated carbocycles. The number of hydrogen-bond acceptors (Lipinski definition) is 3. The average molecular weight is 419 g/mol. The molecular weight excluding hydrogens is 372 g/mol. The Balaban J connectivity index is 1.84. The van der Waals surface area contributed by atoms with Crippen molar-refractivity contribution in [3.8, 4) is 5.75 Å². The Morgan fingerprint density at radius 3 is 1.50 bits per heavy atom. The van der Waals surface area contributed by atoms with E-state index in [0.717, 1.165) is 18.8 Å². The number of ether oxygens (including phenoxy) is 2. The molecule has 30 heavy (non-hydrogen) atoms. The lowest BCUT2D eigenvalue weighted by molar-refractivity contribution is 0.0526. The zero-order valence-corrected chi connectivity index (χ0v) is 19.8. The van der Waals surface area contributed by atoms with Crippen molar-refractivity contribution in [3.63, 3.8) is 0 Å². The third-order valence-electron chi connectivity index (χ3n) is 5.63. The van der Waals surface area contributed by atoms with Crippen LogP contribution in [0.25, 0.3) is 0 Å². The quantitative estimate of drug-likeness (QED) is 0.157. The number of carbonyl (C=O) groups excluding carboxylic acids is 1. The molecule has 0 fully saturated rings.